The Bertz CT molecular complexity index is 1140. The largest absolute Gasteiger partial charge is 0.497 e. The normalized spacial score (nSPS) is 19.2. The van der Waals surface area contributed by atoms with E-state index in [-0.39, 0.29) is 11.6 Å². The third kappa shape index (κ3) is 4.40. The molecule has 1 atom stereocenters. The Labute approximate surface area is 194 Å². The van der Waals surface area contributed by atoms with Crippen LogP contribution in [0.25, 0.3) is 10.9 Å². The molecule has 0 saturated heterocycles. The summed E-state index contributed by atoms with van der Waals surface area (Å²) < 4.78 is 7.44. The molecule has 2 aliphatic carbocycles. The van der Waals surface area contributed by atoms with Crippen LogP contribution in [0, 0.1) is 0 Å². The fourth-order valence-electron chi connectivity index (χ4n) is 5.74. The number of pyridine rings is 1. The van der Waals surface area contributed by atoms with Crippen LogP contribution >= 0.6 is 0 Å². The Balaban J connectivity index is 1.63. The van der Waals surface area contributed by atoms with E-state index in [1.54, 1.807) is 7.11 Å². The number of methoxy groups -OCH3 is 1. The number of tetrazole rings is 1. The number of aromatic amines is 1. The van der Waals surface area contributed by atoms with Crippen LogP contribution in [0.1, 0.15) is 87.7 Å². The van der Waals surface area contributed by atoms with Crippen LogP contribution in [0.4, 0.5) is 0 Å². The maximum absolute atomic E-state index is 13.4. The van der Waals surface area contributed by atoms with Gasteiger partial charge in [-0.05, 0) is 67.4 Å². The smallest absolute Gasteiger partial charge is 0.253 e. The molecule has 0 amide bonds. The Kier molecular flexibility index (Phi) is 6.44. The maximum atomic E-state index is 13.4. The van der Waals surface area contributed by atoms with Crippen molar-refractivity contribution >= 4 is 10.9 Å². The highest BCUT2D eigenvalue weighted by Crippen LogP contribution is 2.35. The second-order valence-corrected chi connectivity index (χ2v) is 9.64. The van der Waals surface area contributed by atoms with Gasteiger partial charge in [0, 0.05) is 22.5 Å². The maximum Gasteiger partial charge on any atom is 0.253 e. The van der Waals surface area contributed by atoms with Gasteiger partial charge >= 0.3 is 0 Å². The van der Waals surface area contributed by atoms with Crippen molar-refractivity contribution in [1.82, 2.24) is 30.1 Å². The second kappa shape index (κ2) is 9.63. The van der Waals surface area contributed by atoms with Crippen molar-refractivity contribution in [3.63, 3.8) is 0 Å². The van der Waals surface area contributed by atoms with E-state index in [4.69, 9.17) is 4.74 Å². The summed E-state index contributed by atoms with van der Waals surface area (Å²) in [6, 6.07) is 8.13. The first-order valence-electron chi connectivity index (χ1n) is 12.4. The Morgan fingerprint density at radius 2 is 1.79 bits per heavy atom. The van der Waals surface area contributed by atoms with Gasteiger partial charge in [0.05, 0.1) is 13.2 Å². The average molecular weight is 451 g/mol. The number of hydrogen-bond acceptors (Lipinski definition) is 6. The van der Waals surface area contributed by atoms with Gasteiger partial charge in [0.2, 0.25) is 0 Å². The summed E-state index contributed by atoms with van der Waals surface area (Å²) in [5.74, 6) is 1.55. The summed E-state index contributed by atoms with van der Waals surface area (Å²) in [6.07, 6.45) is 11.8. The molecule has 0 spiro atoms. The number of nitrogens with one attached hydrogen (secondary N) is 1. The highest BCUT2D eigenvalue weighted by atomic mass is 16.5. The molecule has 2 aromatic heterocycles. The predicted molar refractivity (Wildman–Crippen MR) is 128 cm³/mol. The third-order valence-electron chi connectivity index (χ3n) is 7.62. The number of rotatable bonds is 6. The fraction of sp³-hybridized carbons (Fsp3) is 0.600. The highest BCUT2D eigenvalue weighted by Gasteiger charge is 2.34. The van der Waals surface area contributed by atoms with E-state index in [2.05, 4.69) is 32.5 Å². The van der Waals surface area contributed by atoms with Crippen LogP contribution in [0.15, 0.2) is 29.1 Å². The lowest BCUT2D eigenvalue weighted by molar-refractivity contribution is 0.145. The van der Waals surface area contributed by atoms with E-state index in [0.29, 0.717) is 17.6 Å². The molecule has 8 nitrogen and oxygen atoms in total. The van der Waals surface area contributed by atoms with Crippen LogP contribution in [0.3, 0.4) is 0 Å². The van der Waals surface area contributed by atoms with Crippen molar-refractivity contribution < 1.29 is 4.74 Å². The molecule has 3 aromatic rings. The summed E-state index contributed by atoms with van der Waals surface area (Å²) in [4.78, 5) is 18.8. The molecule has 0 unspecified atom stereocenters. The number of hydrogen-bond donors (Lipinski definition) is 1. The van der Waals surface area contributed by atoms with Crippen molar-refractivity contribution in [2.24, 2.45) is 0 Å². The van der Waals surface area contributed by atoms with Crippen molar-refractivity contribution in [3.8, 4) is 5.75 Å². The lowest BCUT2D eigenvalue weighted by Crippen LogP contribution is -2.40. The highest BCUT2D eigenvalue weighted by molar-refractivity contribution is 5.80. The number of H-pyrrole nitrogens is 1. The molecular weight excluding hydrogens is 416 g/mol. The van der Waals surface area contributed by atoms with Gasteiger partial charge in [-0.3, -0.25) is 9.69 Å². The molecule has 0 bridgehead atoms. The summed E-state index contributed by atoms with van der Waals surface area (Å²) in [6.45, 7) is 0. The van der Waals surface area contributed by atoms with Gasteiger partial charge < -0.3 is 9.72 Å². The summed E-state index contributed by atoms with van der Waals surface area (Å²) in [5.41, 5.74) is 1.41. The minimum Gasteiger partial charge on any atom is -0.497 e. The van der Waals surface area contributed by atoms with E-state index >= 15 is 0 Å². The molecular formula is C25H34N6O2. The molecule has 0 radical (unpaired) electrons. The molecule has 2 heterocycles. The quantitative estimate of drug-likeness (QED) is 0.599. The van der Waals surface area contributed by atoms with Gasteiger partial charge in [0.15, 0.2) is 5.82 Å². The van der Waals surface area contributed by atoms with E-state index in [1.165, 1.54) is 38.5 Å². The molecule has 176 valence electrons. The number of benzene rings is 1. The van der Waals surface area contributed by atoms with E-state index in [0.717, 1.165) is 48.2 Å². The van der Waals surface area contributed by atoms with Crippen LogP contribution < -0.4 is 10.3 Å². The second-order valence-electron chi connectivity index (χ2n) is 9.64. The van der Waals surface area contributed by atoms with Crippen LogP contribution in [-0.2, 0) is 0 Å². The van der Waals surface area contributed by atoms with Crippen molar-refractivity contribution in [2.75, 3.05) is 14.2 Å². The van der Waals surface area contributed by atoms with Crippen LogP contribution in [0.2, 0.25) is 0 Å². The van der Waals surface area contributed by atoms with Crippen molar-refractivity contribution in [2.45, 2.75) is 82.3 Å². The number of fused-ring (bicyclic) bond motifs is 1. The van der Waals surface area contributed by atoms with Gasteiger partial charge in [-0.1, -0.05) is 38.5 Å². The minimum atomic E-state index is -0.302. The van der Waals surface area contributed by atoms with Crippen LogP contribution in [0.5, 0.6) is 5.75 Å². The first-order valence-corrected chi connectivity index (χ1v) is 12.4. The molecule has 2 fully saturated rings. The lowest BCUT2D eigenvalue weighted by atomic mass is 9.91. The third-order valence-corrected chi connectivity index (χ3v) is 7.62. The van der Waals surface area contributed by atoms with Gasteiger partial charge in [0.25, 0.3) is 5.56 Å². The molecule has 2 aliphatic rings. The zero-order valence-corrected chi connectivity index (χ0v) is 19.7. The monoisotopic (exact) mass is 450 g/mol. The topological polar surface area (TPSA) is 88.9 Å². The summed E-state index contributed by atoms with van der Waals surface area (Å²) >= 11 is 0. The molecule has 8 heteroatoms. The van der Waals surface area contributed by atoms with E-state index in [9.17, 15) is 4.79 Å². The predicted octanol–water partition coefficient (Wildman–Crippen LogP) is 4.38. The van der Waals surface area contributed by atoms with Gasteiger partial charge in [-0.25, -0.2) is 4.68 Å². The SMILES string of the molecule is COc1ccc2[nH]c(=O)c([C@@H](c3nnnn3C3CCCCC3)N(C)C3CCCCC3)cc2c1. The molecule has 5 rings (SSSR count). The zero-order valence-electron chi connectivity index (χ0n) is 19.7. The number of ether oxygens (including phenoxy) is 1. The summed E-state index contributed by atoms with van der Waals surface area (Å²) in [5, 5.41) is 14.0. The fourth-order valence-corrected chi connectivity index (χ4v) is 5.74. The van der Waals surface area contributed by atoms with E-state index < -0.39 is 0 Å². The summed E-state index contributed by atoms with van der Waals surface area (Å²) in [7, 11) is 3.79. The van der Waals surface area contributed by atoms with Crippen molar-refractivity contribution in [3.05, 3.63) is 46.0 Å². The Morgan fingerprint density at radius 3 is 2.52 bits per heavy atom. The molecule has 1 N–H and O–H groups in total. The molecule has 33 heavy (non-hydrogen) atoms. The lowest BCUT2D eigenvalue weighted by Gasteiger charge is -2.37. The molecule has 1 aromatic carbocycles. The standard InChI is InChI=1S/C25H34N6O2/c1-30(18-9-5-3-6-10-18)23(24-27-28-29-31(24)19-11-7-4-8-12-19)21-16-17-15-20(33-2)13-14-22(17)26-25(21)32/h13-16,18-19,23H,3-12H2,1-2H3,(H,26,32)/t23-/m0/s1. The number of aromatic nitrogens is 5. The first-order chi connectivity index (χ1) is 16.2. The van der Waals surface area contributed by atoms with Crippen molar-refractivity contribution in [1.29, 1.82) is 0 Å². The minimum absolute atomic E-state index is 0.0847. The zero-order chi connectivity index (χ0) is 22.8. The Hall–Kier alpha value is -2.74. The first kappa shape index (κ1) is 22.1. The van der Waals surface area contributed by atoms with Gasteiger partial charge in [-0.15, -0.1) is 5.10 Å². The molecule has 2 saturated carbocycles. The average Bonchev–Trinajstić information content (AvgIpc) is 3.34. The van der Waals surface area contributed by atoms with Gasteiger partial charge in [0.1, 0.15) is 11.8 Å². The number of nitrogens with zero attached hydrogens (tertiary/aromatic N) is 5. The Morgan fingerprint density at radius 1 is 1.06 bits per heavy atom. The van der Waals surface area contributed by atoms with Gasteiger partial charge in [-0.2, -0.15) is 0 Å². The molecule has 0 aliphatic heterocycles. The van der Waals surface area contributed by atoms with E-state index in [1.807, 2.05) is 28.9 Å². The van der Waals surface area contributed by atoms with Crippen LogP contribution in [-0.4, -0.2) is 50.3 Å².